The van der Waals surface area contributed by atoms with E-state index in [4.69, 9.17) is 21.1 Å². The summed E-state index contributed by atoms with van der Waals surface area (Å²) in [6.45, 7) is -0.397. The number of hydrogen-bond donors (Lipinski definition) is 5. The van der Waals surface area contributed by atoms with E-state index < -0.39 is 44.0 Å². The Hall–Kier alpha value is -0.950. The van der Waals surface area contributed by atoms with Crippen LogP contribution in [0.5, 0.6) is 0 Å². The Morgan fingerprint density at radius 1 is 1.17 bits per heavy atom. The molecule has 6 N–H and O–H groups in total. The molecule has 0 amide bonds. The average molecular weight is 283 g/mol. The third-order valence-electron chi connectivity index (χ3n) is 2.44. The summed E-state index contributed by atoms with van der Waals surface area (Å²) in [5.41, 5.74) is 5.18. The highest BCUT2D eigenvalue weighted by molar-refractivity contribution is 7.58. The van der Waals surface area contributed by atoms with Gasteiger partial charge in [0, 0.05) is 18.9 Å². The molecular weight excluding hydrogens is 265 g/mol. The molecule has 0 aliphatic heterocycles. The van der Waals surface area contributed by atoms with Gasteiger partial charge in [0.05, 0.1) is 5.92 Å². The van der Waals surface area contributed by atoms with Crippen molar-refractivity contribution in [2.24, 2.45) is 11.7 Å². The Kier molecular flexibility index (Phi) is 7.08. The molecule has 0 aromatic rings. The van der Waals surface area contributed by atoms with E-state index in [0.29, 0.717) is 0 Å². The molecule has 2 unspecified atom stereocenters. The lowest BCUT2D eigenvalue weighted by Crippen LogP contribution is -2.31. The molecule has 0 rings (SSSR count). The zero-order valence-corrected chi connectivity index (χ0v) is 10.6. The molecule has 3 atom stereocenters. The molecule has 0 bridgehead atoms. The van der Waals surface area contributed by atoms with Crippen LogP contribution in [0.25, 0.3) is 0 Å². The molecule has 0 saturated heterocycles. The molecule has 0 aromatic heterocycles. The predicted molar refractivity (Wildman–Crippen MR) is 62.6 cm³/mol. The molecule has 8 nitrogen and oxygen atoms in total. The number of aliphatic hydroxyl groups is 1. The molecule has 9 heteroatoms. The summed E-state index contributed by atoms with van der Waals surface area (Å²) in [5.74, 6) is -3.66. The largest absolute Gasteiger partial charge is 0.481 e. The van der Waals surface area contributed by atoms with Crippen molar-refractivity contribution in [1.82, 2.24) is 0 Å². The second-order valence-corrected chi connectivity index (χ2v) is 6.54. The number of carboxylic acid groups (broad SMARTS) is 2. The van der Waals surface area contributed by atoms with Crippen molar-refractivity contribution < 1.29 is 34.4 Å². The van der Waals surface area contributed by atoms with Crippen LogP contribution in [0.2, 0.25) is 0 Å². The minimum Gasteiger partial charge on any atom is -0.481 e. The van der Waals surface area contributed by atoms with Crippen molar-refractivity contribution in [3.05, 3.63) is 0 Å². The first kappa shape index (κ1) is 17.1. The number of nitrogens with two attached hydrogens (primary N) is 1. The van der Waals surface area contributed by atoms with E-state index in [-0.39, 0.29) is 19.0 Å². The van der Waals surface area contributed by atoms with Gasteiger partial charge in [0.1, 0.15) is 6.04 Å². The summed E-state index contributed by atoms with van der Waals surface area (Å²) in [4.78, 5) is 30.7. The predicted octanol–water partition coefficient (Wildman–Crippen LogP) is -0.858. The van der Waals surface area contributed by atoms with E-state index in [9.17, 15) is 19.0 Å². The van der Waals surface area contributed by atoms with E-state index >= 15 is 0 Å². The number of carbonyl (C=O) groups is 2. The molecular formula is C9H18NO7P. The third-order valence-corrected chi connectivity index (χ3v) is 4.41. The molecule has 0 aliphatic rings. The fourth-order valence-electron chi connectivity index (χ4n) is 1.35. The standard InChI is InChI=1S/C9H18NO7P/c10-7(9(14)15)2-4-18(16,17)5-6(1-3-11)8(12)13/h6-7,11H,1-5,10H2,(H,12,13)(H,14,15)(H,16,17)/t6?,7-/m0/s1. The van der Waals surface area contributed by atoms with Gasteiger partial charge < -0.3 is 25.9 Å². The quantitative estimate of drug-likeness (QED) is 0.342. The number of rotatable bonds is 9. The molecule has 0 heterocycles. The Balaban J connectivity index is 4.40. The van der Waals surface area contributed by atoms with Gasteiger partial charge in [-0.25, -0.2) is 0 Å². The van der Waals surface area contributed by atoms with Crippen LogP contribution in [0.3, 0.4) is 0 Å². The highest BCUT2D eigenvalue weighted by Gasteiger charge is 2.29. The van der Waals surface area contributed by atoms with Gasteiger partial charge in [0.2, 0.25) is 7.37 Å². The van der Waals surface area contributed by atoms with Crippen molar-refractivity contribution in [1.29, 1.82) is 0 Å². The zero-order valence-electron chi connectivity index (χ0n) is 9.73. The van der Waals surface area contributed by atoms with Gasteiger partial charge in [-0.1, -0.05) is 0 Å². The van der Waals surface area contributed by atoms with E-state index in [2.05, 4.69) is 0 Å². The summed E-state index contributed by atoms with van der Waals surface area (Å²) >= 11 is 0. The molecule has 0 saturated carbocycles. The highest BCUT2D eigenvalue weighted by atomic mass is 31.2. The van der Waals surface area contributed by atoms with Crippen molar-refractivity contribution in [3.8, 4) is 0 Å². The van der Waals surface area contributed by atoms with Crippen molar-refractivity contribution >= 4 is 19.3 Å². The molecule has 18 heavy (non-hydrogen) atoms. The van der Waals surface area contributed by atoms with Crippen LogP contribution in [0, 0.1) is 5.92 Å². The van der Waals surface area contributed by atoms with Crippen LogP contribution in [0.15, 0.2) is 0 Å². The lowest BCUT2D eigenvalue weighted by molar-refractivity contribution is -0.141. The zero-order chi connectivity index (χ0) is 14.3. The lowest BCUT2D eigenvalue weighted by Gasteiger charge is -2.17. The van der Waals surface area contributed by atoms with Gasteiger partial charge >= 0.3 is 11.9 Å². The van der Waals surface area contributed by atoms with Gasteiger partial charge in [-0.3, -0.25) is 14.2 Å². The Bertz CT molecular complexity index is 346. The number of hydrogen-bond acceptors (Lipinski definition) is 5. The monoisotopic (exact) mass is 283 g/mol. The van der Waals surface area contributed by atoms with E-state index in [1.165, 1.54) is 0 Å². The number of carboxylic acids is 2. The van der Waals surface area contributed by atoms with Crippen LogP contribution in [0.4, 0.5) is 0 Å². The first-order valence-corrected chi connectivity index (χ1v) is 7.35. The van der Waals surface area contributed by atoms with E-state index in [0.717, 1.165) is 0 Å². The maximum absolute atomic E-state index is 11.7. The van der Waals surface area contributed by atoms with Gasteiger partial charge in [0.25, 0.3) is 0 Å². The van der Waals surface area contributed by atoms with Crippen LogP contribution < -0.4 is 5.73 Å². The molecule has 106 valence electrons. The van der Waals surface area contributed by atoms with Gasteiger partial charge in [-0.05, 0) is 12.8 Å². The fourth-order valence-corrected chi connectivity index (χ4v) is 3.24. The Morgan fingerprint density at radius 2 is 1.72 bits per heavy atom. The Morgan fingerprint density at radius 3 is 2.11 bits per heavy atom. The normalized spacial score (nSPS) is 17.7. The summed E-state index contributed by atoms with van der Waals surface area (Å²) < 4.78 is 11.7. The SMILES string of the molecule is N[C@@H](CCP(=O)(O)CC(CCO)C(=O)O)C(=O)O. The fraction of sp³-hybridized carbons (Fsp3) is 0.778. The minimum absolute atomic E-state index is 0.120. The lowest BCUT2D eigenvalue weighted by atomic mass is 10.1. The van der Waals surface area contributed by atoms with Crippen LogP contribution in [0.1, 0.15) is 12.8 Å². The minimum atomic E-state index is -3.76. The van der Waals surface area contributed by atoms with E-state index in [1.54, 1.807) is 0 Å². The highest BCUT2D eigenvalue weighted by Crippen LogP contribution is 2.43. The van der Waals surface area contributed by atoms with Gasteiger partial charge in [-0.15, -0.1) is 0 Å². The first-order chi connectivity index (χ1) is 8.19. The van der Waals surface area contributed by atoms with Crippen LogP contribution in [-0.4, -0.2) is 57.1 Å². The third kappa shape index (κ3) is 6.70. The second kappa shape index (κ2) is 7.48. The summed E-state index contributed by atoms with van der Waals surface area (Å²) in [5, 5.41) is 25.9. The number of aliphatic carboxylic acids is 2. The summed E-state index contributed by atoms with van der Waals surface area (Å²) in [7, 11) is -3.76. The first-order valence-electron chi connectivity index (χ1n) is 5.32. The van der Waals surface area contributed by atoms with Crippen LogP contribution >= 0.6 is 7.37 Å². The summed E-state index contributed by atoms with van der Waals surface area (Å²) in [6, 6.07) is -1.24. The van der Waals surface area contributed by atoms with E-state index in [1.807, 2.05) is 0 Å². The van der Waals surface area contributed by atoms with Crippen molar-refractivity contribution in [2.75, 3.05) is 18.9 Å². The maximum Gasteiger partial charge on any atom is 0.320 e. The Labute approximate surface area is 104 Å². The molecule has 0 aromatic carbocycles. The molecule has 0 radical (unpaired) electrons. The smallest absolute Gasteiger partial charge is 0.320 e. The molecule has 0 spiro atoms. The summed E-state index contributed by atoms with van der Waals surface area (Å²) in [6.07, 6.45) is -1.16. The molecule has 0 fully saturated rings. The molecule has 0 aliphatic carbocycles. The maximum atomic E-state index is 11.7. The number of aliphatic hydroxyl groups excluding tert-OH is 1. The second-order valence-electron chi connectivity index (χ2n) is 4.03. The average Bonchev–Trinajstić information content (AvgIpc) is 2.24. The topological polar surface area (TPSA) is 158 Å². The van der Waals surface area contributed by atoms with Crippen LogP contribution in [-0.2, 0) is 14.2 Å². The van der Waals surface area contributed by atoms with Crippen molar-refractivity contribution in [3.63, 3.8) is 0 Å². The van der Waals surface area contributed by atoms with Gasteiger partial charge in [-0.2, -0.15) is 0 Å². The van der Waals surface area contributed by atoms with Crippen molar-refractivity contribution in [2.45, 2.75) is 18.9 Å². The van der Waals surface area contributed by atoms with Gasteiger partial charge in [0.15, 0.2) is 0 Å².